The number of urea groups is 1. The summed E-state index contributed by atoms with van der Waals surface area (Å²) in [6.07, 6.45) is 2.39. The third-order valence-corrected chi connectivity index (χ3v) is 4.28. The molecule has 2 rings (SSSR count). The van der Waals surface area contributed by atoms with Crippen molar-refractivity contribution in [2.45, 2.75) is 18.2 Å². The lowest BCUT2D eigenvalue weighted by Gasteiger charge is -2.14. The molecule has 20 heavy (non-hydrogen) atoms. The summed E-state index contributed by atoms with van der Waals surface area (Å²) in [6.45, 7) is 2.25. The van der Waals surface area contributed by atoms with E-state index in [2.05, 4.69) is 5.10 Å². The molecule has 2 amide bonds. The van der Waals surface area contributed by atoms with Crippen molar-refractivity contribution in [3.05, 3.63) is 30.1 Å². The Bertz CT molecular complexity index is 645. The summed E-state index contributed by atoms with van der Waals surface area (Å²) >= 11 is 0. The van der Waals surface area contributed by atoms with E-state index in [4.69, 9.17) is 0 Å². The van der Waals surface area contributed by atoms with Crippen molar-refractivity contribution in [3.63, 3.8) is 0 Å². The zero-order valence-corrected chi connectivity index (χ0v) is 11.6. The van der Waals surface area contributed by atoms with Gasteiger partial charge in [0.05, 0.1) is 6.54 Å². The summed E-state index contributed by atoms with van der Waals surface area (Å²) in [5.41, 5.74) is 0. The third-order valence-electron chi connectivity index (χ3n) is 2.93. The van der Waals surface area contributed by atoms with Crippen molar-refractivity contribution < 1.29 is 17.6 Å². The summed E-state index contributed by atoms with van der Waals surface area (Å²) < 4.78 is 39.1. The number of hydrogen-bond acceptors (Lipinski definition) is 4. The molecule has 0 saturated heterocycles. The Kier molecular flexibility index (Phi) is 4.03. The number of carbonyl (C=O) groups is 1. The van der Waals surface area contributed by atoms with Gasteiger partial charge in [-0.1, -0.05) is 19.1 Å². The Morgan fingerprint density at radius 1 is 1.50 bits per heavy atom. The fraction of sp³-hybridized carbons (Fsp3) is 0.333. The lowest BCUT2D eigenvalue weighted by molar-refractivity contribution is 0.207. The maximum absolute atomic E-state index is 13.5. The van der Waals surface area contributed by atoms with Crippen molar-refractivity contribution in [1.29, 1.82) is 0 Å². The van der Waals surface area contributed by atoms with Crippen LogP contribution in [0.15, 0.2) is 34.3 Å². The maximum Gasteiger partial charge on any atom is 0.351 e. The molecule has 1 aromatic rings. The van der Waals surface area contributed by atoms with Gasteiger partial charge in [0, 0.05) is 12.1 Å². The highest BCUT2D eigenvalue weighted by Crippen LogP contribution is 2.15. The molecule has 0 aliphatic carbocycles. The van der Waals surface area contributed by atoms with Crippen LogP contribution in [0.5, 0.6) is 0 Å². The predicted molar refractivity (Wildman–Crippen MR) is 71.1 cm³/mol. The Hall–Kier alpha value is -1.96. The number of nitrogens with zero attached hydrogens (tertiary/aromatic N) is 2. The van der Waals surface area contributed by atoms with Crippen molar-refractivity contribution in [2.24, 2.45) is 11.0 Å². The fourth-order valence-corrected chi connectivity index (χ4v) is 2.77. The average molecular weight is 299 g/mol. The molecule has 1 aliphatic heterocycles. The number of rotatable bonds is 3. The van der Waals surface area contributed by atoms with Gasteiger partial charge in [-0.15, -0.1) is 0 Å². The largest absolute Gasteiger partial charge is 0.351 e. The molecule has 0 saturated carbocycles. The van der Waals surface area contributed by atoms with E-state index in [-0.39, 0.29) is 5.92 Å². The van der Waals surface area contributed by atoms with Gasteiger partial charge in [-0.25, -0.2) is 27.3 Å². The molecule has 8 heteroatoms. The standard InChI is InChI=1S/C12H14FN3O3S/c1-2-9-7-14-16(8-9)12(17)15-20(18,19)11-6-4-3-5-10(11)13/h3-7,9H,2,8H2,1H3,(H,15,17). The van der Waals surface area contributed by atoms with E-state index >= 15 is 0 Å². The Morgan fingerprint density at radius 2 is 2.20 bits per heavy atom. The summed E-state index contributed by atoms with van der Waals surface area (Å²) in [6, 6.07) is 3.96. The number of benzene rings is 1. The van der Waals surface area contributed by atoms with Gasteiger partial charge >= 0.3 is 6.03 Å². The highest BCUT2D eigenvalue weighted by Gasteiger charge is 2.27. The molecule has 1 aliphatic rings. The van der Waals surface area contributed by atoms with Gasteiger partial charge in [0.15, 0.2) is 0 Å². The summed E-state index contributed by atoms with van der Waals surface area (Å²) in [7, 11) is -4.24. The lowest BCUT2D eigenvalue weighted by atomic mass is 10.1. The molecule has 0 fully saturated rings. The van der Waals surface area contributed by atoms with E-state index in [0.717, 1.165) is 23.6 Å². The molecule has 1 atom stereocenters. The van der Waals surface area contributed by atoms with Crippen LogP contribution < -0.4 is 4.72 Å². The first-order valence-electron chi connectivity index (χ1n) is 6.07. The molecule has 0 aromatic heterocycles. The predicted octanol–water partition coefficient (Wildman–Crippen LogP) is 1.55. The van der Waals surface area contributed by atoms with Gasteiger partial charge in [-0.3, -0.25) is 0 Å². The molecule has 0 radical (unpaired) electrons. The van der Waals surface area contributed by atoms with E-state index in [9.17, 15) is 17.6 Å². The Balaban J connectivity index is 2.12. The first-order chi connectivity index (χ1) is 9.44. The van der Waals surface area contributed by atoms with Crippen LogP contribution in [0.2, 0.25) is 0 Å². The first-order valence-corrected chi connectivity index (χ1v) is 7.55. The smallest absolute Gasteiger partial charge is 0.246 e. The molecular formula is C12H14FN3O3S. The van der Waals surface area contributed by atoms with Crippen LogP contribution in [-0.4, -0.2) is 32.2 Å². The second-order valence-corrected chi connectivity index (χ2v) is 6.01. The lowest BCUT2D eigenvalue weighted by Crippen LogP contribution is -2.40. The molecule has 1 heterocycles. The topological polar surface area (TPSA) is 78.8 Å². The monoisotopic (exact) mass is 299 g/mol. The molecule has 108 valence electrons. The van der Waals surface area contributed by atoms with E-state index in [1.165, 1.54) is 12.1 Å². The minimum atomic E-state index is -4.24. The van der Waals surface area contributed by atoms with Gasteiger partial charge in [-0.05, 0) is 18.6 Å². The minimum Gasteiger partial charge on any atom is -0.246 e. The molecule has 1 unspecified atom stereocenters. The Labute approximate surface area is 116 Å². The molecule has 0 bridgehead atoms. The number of hydrazone groups is 1. The van der Waals surface area contributed by atoms with Crippen LogP contribution in [0.4, 0.5) is 9.18 Å². The molecule has 0 spiro atoms. The van der Waals surface area contributed by atoms with Crippen LogP contribution in [0.25, 0.3) is 0 Å². The zero-order valence-electron chi connectivity index (χ0n) is 10.8. The molecule has 1 aromatic carbocycles. The number of amides is 2. The summed E-state index contributed by atoms with van der Waals surface area (Å²) in [5, 5.41) is 4.85. The summed E-state index contributed by atoms with van der Waals surface area (Å²) in [4.78, 5) is 11.2. The normalized spacial score (nSPS) is 18.3. The molecule has 1 N–H and O–H groups in total. The SMILES string of the molecule is CCC1C=NN(C(=O)NS(=O)(=O)c2ccccc2F)C1. The molecule has 6 nitrogen and oxygen atoms in total. The second kappa shape index (κ2) is 5.58. The van der Waals surface area contributed by atoms with Gasteiger partial charge in [-0.2, -0.15) is 5.10 Å². The van der Waals surface area contributed by atoms with Crippen LogP contribution in [0.3, 0.4) is 0 Å². The second-order valence-electron chi connectivity index (χ2n) is 4.36. The van der Waals surface area contributed by atoms with Crippen molar-refractivity contribution in [1.82, 2.24) is 9.73 Å². The van der Waals surface area contributed by atoms with Crippen molar-refractivity contribution in [2.75, 3.05) is 6.54 Å². The van der Waals surface area contributed by atoms with Gasteiger partial charge in [0.25, 0.3) is 10.0 Å². The summed E-state index contributed by atoms with van der Waals surface area (Å²) in [5.74, 6) is -0.805. The van der Waals surface area contributed by atoms with E-state index < -0.39 is 26.8 Å². The zero-order chi connectivity index (χ0) is 14.8. The van der Waals surface area contributed by atoms with Gasteiger partial charge in [0.2, 0.25) is 0 Å². The molecular weight excluding hydrogens is 285 g/mol. The highest BCUT2D eigenvalue weighted by atomic mass is 32.2. The van der Waals surface area contributed by atoms with Crippen LogP contribution in [0, 0.1) is 11.7 Å². The van der Waals surface area contributed by atoms with Gasteiger partial charge in [0.1, 0.15) is 10.7 Å². The number of sulfonamides is 1. The quantitative estimate of drug-likeness (QED) is 0.919. The van der Waals surface area contributed by atoms with Gasteiger partial charge < -0.3 is 0 Å². The fourth-order valence-electron chi connectivity index (χ4n) is 1.75. The minimum absolute atomic E-state index is 0.108. The van der Waals surface area contributed by atoms with Crippen LogP contribution in [0.1, 0.15) is 13.3 Å². The number of carbonyl (C=O) groups excluding carboxylic acids is 1. The van der Waals surface area contributed by atoms with E-state index in [1.807, 2.05) is 6.92 Å². The van der Waals surface area contributed by atoms with E-state index in [1.54, 1.807) is 10.9 Å². The third kappa shape index (κ3) is 2.96. The van der Waals surface area contributed by atoms with Crippen LogP contribution >= 0.6 is 0 Å². The first kappa shape index (κ1) is 14.4. The van der Waals surface area contributed by atoms with Crippen LogP contribution in [-0.2, 0) is 10.0 Å². The van der Waals surface area contributed by atoms with E-state index in [0.29, 0.717) is 6.54 Å². The average Bonchev–Trinajstić information content (AvgIpc) is 2.87. The number of nitrogens with one attached hydrogen (secondary N) is 1. The van der Waals surface area contributed by atoms with Crippen molar-refractivity contribution >= 4 is 22.3 Å². The number of hydrogen-bond donors (Lipinski definition) is 1. The van der Waals surface area contributed by atoms with Crippen molar-refractivity contribution in [3.8, 4) is 0 Å². The maximum atomic E-state index is 13.5. The number of halogens is 1. The Morgan fingerprint density at radius 3 is 2.80 bits per heavy atom. The highest BCUT2D eigenvalue weighted by molar-refractivity contribution is 7.90.